The van der Waals surface area contributed by atoms with Crippen molar-refractivity contribution in [2.24, 2.45) is 34.5 Å². The second-order valence-corrected chi connectivity index (χ2v) is 13.3. The van der Waals surface area contributed by atoms with E-state index in [1.807, 2.05) is 20.8 Å². The van der Waals surface area contributed by atoms with Gasteiger partial charge in [0, 0.05) is 22.3 Å². The third-order valence-corrected chi connectivity index (χ3v) is 10.8. The van der Waals surface area contributed by atoms with Gasteiger partial charge in [-0.2, -0.15) is 0 Å². The summed E-state index contributed by atoms with van der Waals surface area (Å²) in [6.07, 6.45) is -1.00. The maximum absolute atomic E-state index is 14.4. The van der Waals surface area contributed by atoms with E-state index in [4.69, 9.17) is 0 Å². The second kappa shape index (κ2) is 8.64. The van der Waals surface area contributed by atoms with Gasteiger partial charge >= 0.3 is 0 Å². The van der Waals surface area contributed by atoms with Gasteiger partial charge in [-0.25, -0.2) is 0 Å². The van der Waals surface area contributed by atoms with E-state index in [9.17, 15) is 39.3 Å². The fraction of sp³-hybridized carbons (Fsp3) is 0.645. The largest absolute Gasteiger partial charge is 0.507 e. The maximum Gasteiger partial charge on any atom is 0.191 e. The molecular formula is C31H40O8. The van der Waals surface area contributed by atoms with Crippen molar-refractivity contribution in [3.63, 3.8) is 0 Å². The van der Waals surface area contributed by atoms with Gasteiger partial charge < -0.3 is 15.3 Å². The van der Waals surface area contributed by atoms with Gasteiger partial charge in [0.15, 0.2) is 28.7 Å². The predicted octanol–water partition coefficient (Wildman–Crippen LogP) is 3.31. The molecule has 2 saturated carbocycles. The van der Waals surface area contributed by atoms with Gasteiger partial charge in [0.05, 0.1) is 17.6 Å². The number of Topliss-reactive ketones (excluding diaryl/α,β-unsaturated/α-hetero) is 5. The fourth-order valence-corrected chi connectivity index (χ4v) is 8.09. The van der Waals surface area contributed by atoms with Crippen LogP contribution in [0.1, 0.15) is 96.1 Å². The number of aromatic hydroxyl groups is 1. The molecule has 0 heterocycles. The lowest BCUT2D eigenvalue weighted by molar-refractivity contribution is -0.240. The third-order valence-electron chi connectivity index (χ3n) is 10.8. The molecule has 4 rings (SSSR count). The highest BCUT2D eigenvalue weighted by Gasteiger charge is 2.80. The van der Waals surface area contributed by atoms with E-state index < -0.39 is 86.5 Å². The minimum absolute atomic E-state index is 0.0559. The summed E-state index contributed by atoms with van der Waals surface area (Å²) in [5, 5.41) is 35.7. The molecular weight excluding hydrogens is 500 g/mol. The van der Waals surface area contributed by atoms with Crippen molar-refractivity contribution in [2.45, 2.75) is 91.8 Å². The van der Waals surface area contributed by atoms with Gasteiger partial charge in [0.1, 0.15) is 17.5 Å². The lowest BCUT2D eigenvalue weighted by Gasteiger charge is -2.65. The monoisotopic (exact) mass is 540 g/mol. The zero-order valence-corrected chi connectivity index (χ0v) is 24.2. The first-order valence-electron chi connectivity index (χ1n) is 13.7. The minimum Gasteiger partial charge on any atom is -0.507 e. The Labute approximate surface area is 229 Å². The van der Waals surface area contributed by atoms with Gasteiger partial charge in [-0.15, -0.1) is 0 Å². The number of aliphatic hydroxyl groups is 2. The molecule has 3 aliphatic rings. The van der Waals surface area contributed by atoms with Crippen LogP contribution in [0.3, 0.4) is 0 Å². The van der Waals surface area contributed by atoms with E-state index in [1.54, 1.807) is 39.8 Å². The number of phenols is 1. The topological polar surface area (TPSA) is 146 Å². The van der Waals surface area contributed by atoms with Crippen LogP contribution in [0, 0.1) is 34.5 Å². The lowest BCUT2D eigenvalue weighted by Crippen LogP contribution is -2.81. The molecule has 1 aromatic rings. The van der Waals surface area contributed by atoms with E-state index in [0.717, 1.165) is 6.92 Å². The zero-order chi connectivity index (χ0) is 29.8. The quantitative estimate of drug-likeness (QED) is 0.493. The number of aliphatic hydroxyl groups excluding tert-OH is 1. The predicted molar refractivity (Wildman–Crippen MR) is 142 cm³/mol. The Balaban J connectivity index is 2.06. The molecule has 3 N–H and O–H groups in total. The van der Waals surface area contributed by atoms with Crippen LogP contribution in [-0.4, -0.2) is 55.9 Å². The van der Waals surface area contributed by atoms with E-state index in [1.165, 1.54) is 6.92 Å². The average molecular weight is 541 g/mol. The van der Waals surface area contributed by atoms with E-state index in [0.29, 0.717) is 17.5 Å². The van der Waals surface area contributed by atoms with Crippen LogP contribution >= 0.6 is 0 Å². The Morgan fingerprint density at radius 2 is 1.64 bits per heavy atom. The molecule has 0 bridgehead atoms. The summed E-state index contributed by atoms with van der Waals surface area (Å²) in [5.41, 5.74) is -6.05. The molecule has 1 aromatic carbocycles. The summed E-state index contributed by atoms with van der Waals surface area (Å²) in [6, 6.07) is 3.48. The first-order chi connectivity index (χ1) is 17.8. The molecule has 3 aliphatic carbocycles. The van der Waals surface area contributed by atoms with Crippen molar-refractivity contribution in [1.82, 2.24) is 0 Å². The number of fused-ring (bicyclic) bond motifs is 3. The third kappa shape index (κ3) is 3.22. The van der Waals surface area contributed by atoms with Crippen molar-refractivity contribution in [1.29, 1.82) is 0 Å². The standard InChI is InChI=1S/C31H40O8/c1-10-28(6,7)17-12-11-16-14(4)29(8)21(24(35)19(16)22(17)33)26(37)31(39)25(36)18(15(5)32)23(34)20(13(2)3)30(31,9)27(29)38/h11-14,18,20-21,27,33,38-39H,10H2,1-9H3/t14-,18?,20?,21?,27-,29+,30+,31+/m1/s1. The normalized spacial score (nSPS) is 38.4. The van der Waals surface area contributed by atoms with E-state index in [-0.39, 0.29) is 11.3 Å². The summed E-state index contributed by atoms with van der Waals surface area (Å²) in [4.78, 5) is 68.5. The highest BCUT2D eigenvalue weighted by molar-refractivity contribution is 6.33. The maximum atomic E-state index is 14.4. The molecule has 3 unspecified atom stereocenters. The van der Waals surface area contributed by atoms with E-state index >= 15 is 0 Å². The summed E-state index contributed by atoms with van der Waals surface area (Å²) in [7, 11) is 0. The van der Waals surface area contributed by atoms with E-state index in [2.05, 4.69) is 0 Å². The Morgan fingerprint density at radius 3 is 2.13 bits per heavy atom. The van der Waals surface area contributed by atoms with Crippen LogP contribution in [-0.2, 0) is 24.6 Å². The number of phenolic OH excluding ortho intramolecular Hbond substituents is 1. The van der Waals surface area contributed by atoms with Gasteiger partial charge in [-0.3, -0.25) is 24.0 Å². The number of carbonyl (C=O) groups excluding carboxylic acids is 5. The minimum atomic E-state index is -2.96. The number of benzene rings is 1. The van der Waals surface area contributed by atoms with Crippen molar-refractivity contribution < 1.29 is 39.3 Å². The Bertz CT molecular complexity index is 1320. The fourth-order valence-electron chi connectivity index (χ4n) is 8.09. The Kier molecular flexibility index (Phi) is 6.49. The van der Waals surface area contributed by atoms with Crippen LogP contribution in [0.4, 0.5) is 0 Å². The van der Waals surface area contributed by atoms with Crippen molar-refractivity contribution in [3.05, 3.63) is 28.8 Å². The van der Waals surface area contributed by atoms with Crippen LogP contribution in [0.5, 0.6) is 5.75 Å². The van der Waals surface area contributed by atoms with Gasteiger partial charge in [-0.1, -0.05) is 67.5 Å². The lowest BCUT2D eigenvalue weighted by atomic mass is 9.37. The number of hydrogen-bond acceptors (Lipinski definition) is 8. The zero-order valence-electron chi connectivity index (χ0n) is 24.2. The molecule has 212 valence electrons. The molecule has 2 fully saturated rings. The van der Waals surface area contributed by atoms with Crippen molar-refractivity contribution in [3.8, 4) is 5.75 Å². The molecule has 0 radical (unpaired) electrons. The Morgan fingerprint density at radius 1 is 1.08 bits per heavy atom. The van der Waals surface area contributed by atoms with Gasteiger partial charge in [-0.05, 0) is 36.2 Å². The molecule has 8 nitrogen and oxygen atoms in total. The van der Waals surface area contributed by atoms with Crippen LogP contribution < -0.4 is 0 Å². The SMILES string of the molecule is CCC(C)(C)c1ccc2c(c1O)C(=O)C1C(=O)[C@@]3(O)C(=O)C(C(C)=O)C(=O)C(C(C)C)[C@@]3(C)[C@H](O)[C@@]1(C)[C@@H]2C. The molecule has 8 heteroatoms. The first-order valence-corrected chi connectivity index (χ1v) is 13.7. The molecule has 0 aromatic heterocycles. The molecule has 0 amide bonds. The summed E-state index contributed by atoms with van der Waals surface area (Å²) < 4.78 is 0. The summed E-state index contributed by atoms with van der Waals surface area (Å²) in [5.74, 6) is -11.0. The summed E-state index contributed by atoms with van der Waals surface area (Å²) >= 11 is 0. The molecule has 8 atom stereocenters. The highest BCUT2D eigenvalue weighted by Crippen LogP contribution is 2.66. The number of ketones is 5. The van der Waals surface area contributed by atoms with Gasteiger partial charge in [0.2, 0.25) is 0 Å². The smallest absolute Gasteiger partial charge is 0.191 e. The number of hydrogen-bond donors (Lipinski definition) is 3. The average Bonchev–Trinajstić information content (AvgIpc) is 2.83. The van der Waals surface area contributed by atoms with Crippen LogP contribution in [0.15, 0.2) is 12.1 Å². The van der Waals surface area contributed by atoms with Crippen molar-refractivity contribution in [2.75, 3.05) is 0 Å². The van der Waals surface area contributed by atoms with Crippen LogP contribution in [0.25, 0.3) is 0 Å². The molecule has 0 aliphatic heterocycles. The molecule has 0 saturated heterocycles. The van der Waals surface area contributed by atoms with Gasteiger partial charge in [0.25, 0.3) is 0 Å². The molecule has 39 heavy (non-hydrogen) atoms. The first kappa shape index (κ1) is 29.3. The highest BCUT2D eigenvalue weighted by atomic mass is 16.3. The number of rotatable bonds is 4. The second-order valence-electron chi connectivity index (χ2n) is 13.3. The van der Waals surface area contributed by atoms with Crippen molar-refractivity contribution >= 4 is 28.9 Å². The summed E-state index contributed by atoms with van der Waals surface area (Å²) in [6.45, 7) is 14.9. The molecule has 0 spiro atoms. The van der Waals surface area contributed by atoms with Crippen LogP contribution in [0.2, 0.25) is 0 Å². The number of carbonyl (C=O) groups is 5. The Hall–Kier alpha value is -2.71.